The Balaban J connectivity index is 2.06. The van der Waals surface area contributed by atoms with E-state index in [1.807, 2.05) is 7.05 Å². The number of carbonyl (C=O) groups excluding carboxylic acids is 1. The summed E-state index contributed by atoms with van der Waals surface area (Å²) in [7, 11) is 1.82. The van der Waals surface area contributed by atoms with E-state index in [9.17, 15) is 4.79 Å². The highest BCUT2D eigenvalue weighted by Crippen LogP contribution is 2.28. The molecule has 0 spiro atoms. The van der Waals surface area contributed by atoms with E-state index in [2.05, 4.69) is 0 Å². The SMILES string of the molecule is CN(C=O)CC1CC1. The molecule has 0 aromatic heterocycles. The van der Waals surface area contributed by atoms with Gasteiger partial charge in [0.1, 0.15) is 0 Å². The summed E-state index contributed by atoms with van der Waals surface area (Å²) in [6.45, 7) is 0.962. The van der Waals surface area contributed by atoms with Crippen LogP contribution >= 0.6 is 0 Å². The molecule has 1 amide bonds. The fourth-order valence-electron chi connectivity index (χ4n) is 0.751. The second-order valence-corrected chi connectivity index (χ2v) is 2.49. The van der Waals surface area contributed by atoms with Crippen LogP contribution in [0.25, 0.3) is 0 Å². The van der Waals surface area contributed by atoms with Crippen LogP contribution in [0.3, 0.4) is 0 Å². The molecule has 0 aliphatic heterocycles. The van der Waals surface area contributed by atoms with E-state index >= 15 is 0 Å². The molecule has 1 fully saturated rings. The van der Waals surface area contributed by atoms with Gasteiger partial charge in [-0.2, -0.15) is 0 Å². The minimum absolute atomic E-state index is 0.824. The van der Waals surface area contributed by atoms with Crippen LogP contribution in [0.4, 0.5) is 0 Å². The standard InChI is InChI=1S/C6H11NO/c1-7(5-8)4-6-2-3-6/h5-6H,2-4H2,1H3. The van der Waals surface area contributed by atoms with Crippen molar-refractivity contribution in [2.75, 3.05) is 13.6 Å². The summed E-state index contributed by atoms with van der Waals surface area (Å²) in [6.07, 6.45) is 3.52. The van der Waals surface area contributed by atoms with E-state index in [0.717, 1.165) is 18.9 Å². The predicted molar refractivity (Wildman–Crippen MR) is 31.4 cm³/mol. The summed E-state index contributed by atoms with van der Waals surface area (Å²) in [5.41, 5.74) is 0. The second kappa shape index (κ2) is 2.16. The second-order valence-electron chi connectivity index (χ2n) is 2.49. The van der Waals surface area contributed by atoms with Crippen LogP contribution in [0.15, 0.2) is 0 Å². The van der Waals surface area contributed by atoms with Gasteiger partial charge in [-0.3, -0.25) is 4.79 Å². The highest BCUT2D eigenvalue weighted by molar-refractivity contribution is 5.46. The fraction of sp³-hybridized carbons (Fsp3) is 0.833. The molecule has 1 saturated carbocycles. The highest BCUT2D eigenvalue weighted by atomic mass is 16.1. The molecule has 0 saturated heterocycles. The summed E-state index contributed by atoms with van der Waals surface area (Å²) in [5.74, 6) is 0.824. The zero-order valence-electron chi connectivity index (χ0n) is 5.13. The van der Waals surface area contributed by atoms with E-state index in [4.69, 9.17) is 0 Å². The van der Waals surface area contributed by atoms with Gasteiger partial charge in [-0.15, -0.1) is 0 Å². The van der Waals surface area contributed by atoms with E-state index < -0.39 is 0 Å². The molecule has 1 aliphatic rings. The van der Waals surface area contributed by atoms with Gasteiger partial charge in [-0.1, -0.05) is 0 Å². The lowest BCUT2D eigenvalue weighted by molar-refractivity contribution is -0.117. The molecule has 0 atom stereocenters. The van der Waals surface area contributed by atoms with Crippen LogP contribution in [-0.2, 0) is 4.79 Å². The molecule has 2 heteroatoms. The molecule has 0 radical (unpaired) electrons. The number of amides is 1. The summed E-state index contributed by atoms with van der Waals surface area (Å²) in [6, 6.07) is 0. The summed E-state index contributed by atoms with van der Waals surface area (Å²) in [4.78, 5) is 11.7. The smallest absolute Gasteiger partial charge is 0.209 e. The van der Waals surface area contributed by atoms with E-state index in [1.54, 1.807) is 4.90 Å². The first kappa shape index (κ1) is 5.60. The first-order valence-corrected chi connectivity index (χ1v) is 2.98. The molecule has 0 heterocycles. The van der Waals surface area contributed by atoms with Gasteiger partial charge in [0, 0.05) is 13.6 Å². The molecule has 1 aliphatic carbocycles. The minimum Gasteiger partial charge on any atom is -0.348 e. The summed E-state index contributed by atoms with van der Waals surface area (Å²) >= 11 is 0. The monoisotopic (exact) mass is 113 g/mol. The van der Waals surface area contributed by atoms with Crippen LogP contribution in [0.2, 0.25) is 0 Å². The molecule has 8 heavy (non-hydrogen) atoms. The van der Waals surface area contributed by atoms with Gasteiger partial charge in [0.25, 0.3) is 0 Å². The van der Waals surface area contributed by atoms with E-state index in [0.29, 0.717) is 0 Å². The van der Waals surface area contributed by atoms with Gasteiger partial charge in [0.2, 0.25) is 6.41 Å². The molecular formula is C6H11NO. The Labute approximate surface area is 49.5 Å². The molecular weight excluding hydrogens is 102 g/mol. The molecule has 0 aromatic carbocycles. The maximum atomic E-state index is 9.99. The average Bonchev–Trinajstić information content (AvgIpc) is 2.50. The Hall–Kier alpha value is -0.530. The van der Waals surface area contributed by atoms with Crippen molar-refractivity contribution in [2.24, 2.45) is 5.92 Å². The molecule has 0 N–H and O–H groups in total. The zero-order chi connectivity index (χ0) is 5.98. The van der Waals surface area contributed by atoms with Gasteiger partial charge in [0.15, 0.2) is 0 Å². The summed E-state index contributed by atoms with van der Waals surface area (Å²) in [5, 5.41) is 0. The third kappa shape index (κ3) is 1.52. The first-order valence-electron chi connectivity index (χ1n) is 2.98. The summed E-state index contributed by atoms with van der Waals surface area (Å²) < 4.78 is 0. The molecule has 0 bridgehead atoms. The van der Waals surface area contributed by atoms with Crippen molar-refractivity contribution in [1.82, 2.24) is 4.90 Å². The lowest BCUT2D eigenvalue weighted by Crippen LogP contribution is -2.18. The lowest BCUT2D eigenvalue weighted by atomic mass is 10.4. The Kier molecular flexibility index (Phi) is 1.51. The Bertz CT molecular complexity index is 88.5. The zero-order valence-corrected chi connectivity index (χ0v) is 5.13. The van der Waals surface area contributed by atoms with Crippen molar-refractivity contribution >= 4 is 6.41 Å². The molecule has 2 nitrogen and oxygen atoms in total. The molecule has 0 aromatic rings. The first-order chi connectivity index (χ1) is 3.83. The average molecular weight is 113 g/mol. The van der Waals surface area contributed by atoms with E-state index in [-0.39, 0.29) is 0 Å². The highest BCUT2D eigenvalue weighted by Gasteiger charge is 2.21. The molecule has 1 rings (SSSR count). The number of rotatable bonds is 3. The van der Waals surface area contributed by atoms with Crippen LogP contribution < -0.4 is 0 Å². The van der Waals surface area contributed by atoms with Crippen molar-refractivity contribution in [3.05, 3.63) is 0 Å². The van der Waals surface area contributed by atoms with Gasteiger partial charge >= 0.3 is 0 Å². The van der Waals surface area contributed by atoms with Gasteiger partial charge in [-0.25, -0.2) is 0 Å². The topological polar surface area (TPSA) is 20.3 Å². The Morgan fingerprint density at radius 1 is 1.75 bits per heavy atom. The molecule has 0 unspecified atom stereocenters. The maximum absolute atomic E-state index is 9.99. The van der Waals surface area contributed by atoms with Gasteiger partial charge in [0.05, 0.1) is 0 Å². The normalized spacial score (nSPS) is 18.1. The predicted octanol–water partition coefficient (Wildman–Crippen LogP) is 0.485. The number of carbonyl (C=O) groups is 1. The maximum Gasteiger partial charge on any atom is 0.209 e. The third-order valence-corrected chi connectivity index (χ3v) is 1.42. The van der Waals surface area contributed by atoms with Gasteiger partial charge in [-0.05, 0) is 18.8 Å². The fourth-order valence-corrected chi connectivity index (χ4v) is 0.751. The van der Waals surface area contributed by atoms with Crippen LogP contribution in [0.5, 0.6) is 0 Å². The minimum atomic E-state index is 0.824. The van der Waals surface area contributed by atoms with Crippen molar-refractivity contribution in [3.8, 4) is 0 Å². The van der Waals surface area contributed by atoms with Crippen LogP contribution in [-0.4, -0.2) is 24.9 Å². The van der Waals surface area contributed by atoms with Crippen molar-refractivity contribution in [1.29, 1.82) is 0 Å². The van der Waals surface area contributed by atoms with Crippen molar-refractivity contribution in [2.45, 2.75) is 12.8 Å². The van der Waals surface area contributed by atoms with Crippen LogP contribution in [0.1, 0.15) is 12.8 Å². The van der Waals surface area contributed by atoms with E-state index in [1.165, 1.54) is 12.8 Å². The quantitative estimate of drug-likeness (QED) is 0.487. The number of hydrogen-bond acceptors (Lipinski definition) is 1. The molecule has 46 valence electrons. The number of nitrogens with zero attached hydrogens (tertiary/aromatic N) is 1. The van der Waals surface area contributed by atoms with Gasteiger partial charge < -0.3 is 4.90 Å². The lowest BCUT2D eigenvalue weighted by Gasteiger charge is -2.06. The van der Waals surface area contributed by atoms with Crippen molar-refractivity contribution < 1.29 is 4.79 Å². The van der Waals surface area contributed by atoms with Crippen LogP contribution in [0, 0.1) is 5.92 Å². The Morgan fingerprint density at radius 3 is 2.75 bits per heavy atom. The Morgan fingerprint density at radius 2 is 2.38 bits per heavy atom. The third-order valence-electron chi connectivity index (χ3n) is 1.42. The number of hydrogen-bond donors (Lipinski definition) is 0. The van der Waals surface area contributed by atoms with Crippen molar-refractivity contribution in [3.63, 3.8) is 0 Å². The largest absolute Gasteiger partial charge is 0.348 e.